The molecular formula is C24H26N8O3. The van der Waals surface area contributed by atoms with E-state index in [0.29, 0.717) is 42.4 Å². The van der Waals surface area contributed by atoms with Gasteiger partial charge in [-0.05, 0) is 37.5 Å². The number of fused-ring (bicyclic) bond motifs is 1. The van der Waals surface area contributed by atoms with Gasteiger partial charge in [-0.3, -0.25) is 19.3 Å². The number of aromatic nitrogens is 3. The minimum absolute atomic E-state index is 0.103. The molecule has 1 aliphatic carbocycles. The maximum atomic E-state index is 11.6. The molecule has 11 nitrogen and oxygen atoms in total. The Bertz CT molecular complexity index is 1360. The second-order valence-corrected chi connectivity index (χ2v) is 7.97. The number of benzene rings is 1. The highest BCUT2D eigenvalue weighted by atomic mass is 16.6. The number of nitrogens with one attached hydrogen (secondary N) is 2. The number of primary amides is 1. The lowest BCUT2D eigenvalue weighted by Crippen LogP contribution is -2.23. The Labute approximate surface area is 201 Å². The maximum absolute atomic E-state index is 11.6. The van der Waals surface area contributed by atoms with Gasteiger partial charge in [0.1, 0.15) is 11.3 Å². The van der Waals surface area contributed by atoms with Crippen molar-refractivity contribution in [3.05, 3.63) is 93.7 Å². The smallest absolute Gasteiger partial charge is 0.291 e. The number of nitrogens with two attached hydrogens (primary N) is 2. The van der Waals surface area contributed by atoms with Gasteiger partial charge in [-0.1, -0.05) is 18.2 Å². The third kappa shape index (κ3) is 5.64. The van der Waals surface area contributed by atoms with E-state index in [1.54, 1.807) is 36.5 Å². The van der Waals surface area contributed by atoms with Crippen molar-refractivity contribution in [1.82, 2.24) is 19.7 Å². The molecule has 0 saturated heterocycles. The number of carbonyl (C=O) groups is 1. The molecule has 180 valence electrons. The molecule has 0 atom stereocenters. The maximum Gasteiger partial charge on any atom is 0.291 e. The van der Waals surface area contributed by atoms with Crippen molar-refractivity contribution in [2.45, 2.75) is 19.3 Å². The predicted molar refractivity (Wildman–Crippen MR) is 133 cm³/mol. The first-order valence-electron chi connectivity index (χ1n) is 11.2. The quantitative estimate of drug-likeness (QED) is 0.219. The first kappa shape index (κ1) is 23.5. The molecule has 6 N–H and O–H groups in total. The zero-order chi connectivity index (χ0) is 24.8. The lowest BCUT2D eigenvalue weighted by Gasteiger charge is -2.13. The molecule has 1 amide bonds. The van der Waals surface area contributed by atoms with Crippen molar-refractivity contribution in [2.24, 2.45) is 11.5 Å². The SMILES string of the molecule is NC(=O)c1cccc(-c2cc3nccn3c(NCCN/C3=C/C=C([N+](=O)[O-])\C(N)=C/CCC3)n2)c1. The molecular weight excluding hydrogens is 448 g/mol. The number of nitro groups is 1. The van der Waals surface area contributed by atoms with Crippen LogP contribution in [0.1, 0.15) is 29.6 Å². The van der Waals surface area contributed by atoms with Crippen LogP contribution in [0.5, 0.6) is 0 Å². The number of allylic oxidation sites excluding steroid dienone is 4. The van der Waals surface area contributed by atoms with E-state index < -0.39 is 10.8 Å². The first-order chi connectivity index (χ1) is 16.9. The average molecular weight is 475 g/mol. The minimum Gasteiger partial charge on any atom is -0.393 e. The highest BCUT2D eigenvalue weighted by Gasteiger charge is 2.14. The average Bonchev–Trinajstić information content (AvgIpc) is 3.34. The molecule has 0 fully saturated rings. The summed E-state index contributed by atoms with van der Waals surface area (Å²) >= 11 is 0. The monoisotopic (exact) mass is 474 g/mol. The van der Waals surface area contributed by atoms with Gasteiger partial charge in [0.15, 0.2) is 0 Å². The molecule has 35 heavy (non-hydrogen) atoms. The van der Waals surface area contributed by atoms with Crippen LogP contribution in [0.2, 0.25) is 0 Å². The van der Waals surface area contributed by atoms with Crippen LogP contribution in [0, 0.1) is 10.1 Å². The van der Waals surface area contributed by atoms with E-state index in [2.05, 4.69) is 15.6 Å². The van der Waals surface area contributed by atoms with Crippen LogP contribution < -0.4 is 22.1 Å². The van der Waals surface area contributed by atoms with Crippen LogP contribution in [0.4, 0.5) is 5.95 Å². The molecule has 3 aromatic rings. The Morgan fingerprint density at radius 3 is 2.83 bits per heavy atom. The van der Waals surface area contributed by atoms with Crippen molar-refractivity contribution in [2.75, 3.05) is 18.4 Å². The van der Waals surface area contributed by atoms with Gasteiger partial charge in [0.2, 0.25) is 11.9 Å². The zero-order valence-electron chi connectivity index (χ0n) is 19.0. The molecule has 2 heterocycles. The van der Waals surface area contributed by atoms with Crippen LogP contribution in [0.15, 0.2) is 78.0 Å². The number of nitrogens with zero attached hydrogens (tertiary/aromatic N) is 4. The molecule has 0 aliphatic heterocycles. The summed E-state index contributed by atoms with van der Waals surface area (Å²) in [5.74, 6) is 0.0910. The largest absolute Gasteiger partial charge is 0.393 e. The van der Waals surface area contributed by atoms with Gasteiger partial charge in [0, 0.05) is 54.4 Å². The Kier molecular flexibility index (Phi) is 7.05. The summed E-state index contributed by atoms with van der Waals surface area (Å²) in [5, 5.41) is 17.9. The van der Waals surface area contributed by atoms with Gasteiger partial charge < -0.3 is 22.1 Å². The van der Waals surface area contributed by atoms with Gasteiger partial charge in [-0.15, -0.1) is 0 Å². The predicted octanol–water partition coefficient (Wildman–Crippen LogP) is 2.57. The van der Waals surface area contributed by atoms with Gasteiger partial charge in [-0.2, -0.15) is 0 Å². The van der Waals surface area contributed by atoms with Gasteiger partial charge >= 0.3 is 0 Å². The molecule has 11 heteroatoms. The van der Waals surface area contributed by atoms with E-state index in [1.165, 1.54) is 6.08 Å². The van der Waals surface area contributed by atoms with Crippen LogP contribution in [-0.4, -0.2) is 38.3 Å². The highest BCUT2D eigenvalue weighted by Crippen LogP contribution is 2.22. The number of hydrogen-bond acceptors (Lipinski definition) is 8. The van der Waals surface area contributed by atoms with E-state index in [9.17, 15) is 14.9 Å². The van der Waals surface area contributed by atoms with Crippen LogP contribution >= 0.6 is 0 Å². The fourth-order valence-corrected chi connectivity index (χ4v) is 3.75. The summed E-state index contributed by atoms with van der Waals surface area (Å²) in [6, 6.07) is 8.82. The normalized spacial score (nSPS) is 18.6. The van der Waals surface area contributed by atoms with E-state index in [4.69, 9.17) is 16.5 Å². The third-order valence-corrected chi connectivity index (χ3v) is 5.54. The van der Waals surface area contributed by atoms with E-state index in [1.807, 2.05) is 22.7 Å². The van der Waals surface area contributed by atoms with Crippen molar-refractivity contribution < 1.29 is 9.72 Å². The summed E-state index contributed by atoms with van der Waals surface area (Å²) in [6.45, 7) is 1.10. The van der Waals surface area contributed by atoms with Crippen LogP contribution in [-0.2, 0) is 0 Å². The number of anilines is 1. The summed E-state index contributed by atoms with van der Waals surface area (Å²) in [5.41, 5.74) is 14.7. The summed E-state index contributed by atoms with van der Waals surface area (Å²) < 4.78 is 1.83. The zero-order valence-corrected chi connectivity index (χ0v) is 19.0. The number of imidazole rings is 1. The van der Waals surface area contributed by atoms with Crippen molar-refractivity contribution in [3.8, 4) is 11.3 Å². The summed E-state index contributed by atoms with van der Waals surface area (Å²) in [7, 11) is 0. The summed E-state index contributed by atoms with van der Waals surface area (Å²) in [4.78, 5) is 31.4. The molecule has 0 spiro atoms. The second kappa shape index (κ2) is 10.5. The molecule has 1 aromatic carbocycles. The Morgan fingerprint density at radius 2 is 2.03 bits per heavy atom. The second-order valence-electron chi connectivity index (χ2n) is 7.97. The number of hydrogen-bond donors (Lipinski definition) is 4. The fraction of sp³-hybridized carbons (Fsp3) is 0.208. The fourth-order valence-electron chi connectivity index (χ4n) is 3.75. The van der Waals surface area contributed by atoms with Crippen LogP contribution in [0.25, 0.3) is 16.9 Å². The molecule has 1 aliphatic rings. The molecule has 0 radical (unpaired) electrons. The Morgan fingerprint density at radius 1 is 1.20 bits per heavy atom. The molecule has 0 saturated carbocycles. The van der Waals surface area contributed by atoms with E-state index >= 15 is 0 Å². The third-order valence-electron chi connectivity index (χ3n) is 5.54. The number of carbonyl (C=O) groups excluding carboxylic acids is 1. The molecule has 4 rings (SSSR count). The standard InChI is InChI=1S/C24H26N8O3/c25-19-7-2-1-6-18(8-9-21(19)32(34)35)27-10-11-29-24-30-20(15-22-28-12-13-31(22)24)16-4-3-5-17(14-16)23(26)33/h3-5,7-9,12-15,27H,1-2,6,10-11,25H2,(H2,26,33)(H,29,30)/b18-8+,19-7+,21-9+. The van der Waals surface area contributed by atoms with Crippen molar-refractivity contribution >= 4 is 17.5 Å². The van der Waals surface area contributed by atoms with Crippen molar-refractivity contribution in [3.63, 3.8) is 0 Å². The highest BCUT2D eigenvalue weighted by molar-refractivity contribution is 5.94. The molecule has 0 unspecified atom stereocenters. The van der Waals surface area contributed by atoms with Crippen LogP contribution in [0.3, 0.4) is 0 Å². The van der Waals surface area contributed by atoms with Gasteiger partial charge in [0.25, 0.3) is 5.70 Å². The number of rotatable bonds is 8. The molecule has 2 aromatic heterocycles. The first-order valence-corrected chi connectivity index (χ1v) is 11.2. The lowest BCUT2D eigenvalue weighted by atomic mass is 10.1. The molecule has 0 bridgehead atoms. The Balaban J connectivity index is 1.47. The van der Waals surface area contributed by atoms with Crippen molar-refractivity contribution in [1.29, 1.82) is 0 Å². The number of amides is 1. The lowest BCUT2D eigenvalue weighted by molar-refractivity contribution is -0.420. The van der Waals surface area contributed by atoms with E-state index in [0.717, 1.165) is 24.1 Å². The van der Waals surface area contributed by atoms with Gasteiger partial charge in [0.05, 0.1) is 10.6 Å². The van der Waals surface area contributed by atoms with E-state index in [-0.39, 0.29) is 11.4 Å². The minimum atomic E-state index is -0.504. The Hall–Kier alpha value is -4.67. The topological polar surface area (TPSA) is 166 Å². The summed E-state index contributed by atoms with van der Waals surface area (Å²) in [6.07, 6.45) is 10.6. The van der Waals surface area contributed by atoms with Gasteiger partial charge in [-0.25, -0.2) is 9.97 Å².